The highest BCUT2D eigenvalue weighted by atomic mass is 16.1. The van der Waals surface area contributed by atoms with Crippen LogP contribution in [0.15, 0.2) is 35.3 Å². The molecule has 1 rings (SSSR count). The molecule has 0 unspecified atom stereocenters. The summed E-state index contributed by atoms with van der Waals surface area (Å²) in [4.78, 5) is 13.4. The Morgan fingerprint density at radius 2 is 1.30 bits per heavy atom. The van der Waals surface area contributed by atoms with Crippen LogP contribution < -0.4 is 0 Å². The number of hydrogen-bond acceptors (Lipinski definition) is 2. The molecule has 0 amide bonds. The van der Waals surface area contributed by atoms with Gasteiger partial charge in [0.2, 0.25) is 6.08 Å². The first kappa shape index (κ1) is 16.7. The van der Waals surface area contributed by atoms with Crippen molar-refractivity contribution >= 4 is 6.08 Å². The van der Waals surface area contributed by atoms with Gasteiger partial charge in [-0.25, -0.2) is 9.79 Å². The van der Waals surface area contributed by atoms with E-state index in [1.807, 2.05) is 0 Å². The first-order valence-electron chi connectivity index (χ1n) is 8.01. The Morgan fingerprint density at radius 3 is 1.90 bits per heavy atom. The van der Waals surface area contributed by atoms with Crippen LogP contribution in [0.2, 0.25) is 0 Å². The lowest BCUT2D eigenvalue weighted by Gasteiger charge is -2.02. The van der Waals surface area contributed by atoms with Gasteiger partial charge in [-0.05, 0) is 24.8 Å². The van der Waals surface area contributed by atoms with Crippen LogP contribution in [-0.2, 0) is 11.2 Å². The van der Waals surface area contributed by atoms with Gasteiger partial charge < -0.3 is 0 Å². The molecule has 0 atom stereocenters. The lowest BCUT2D eigenvalue weighted by molar-refractivity contribution is 0.553. The minimum Gasteiger partial charge on any atom is -0.211 e. The Bertz CT molecular complexity index is 368. The average molecular weight is 273 g/mol. The Morgan fingerprint density at radius 1 is 0.750 bits per heavy atom. The quantitative estimate of drug-likeness (QED) is 0.297. The van der Waals surface area contributed by atoms with Crippen molar-refractivity contribution in [3.8, 4) is 0 Å². The van der Waals surface area contributed by atoms with E-state index < -0.39 is 0 Å². The lowest BCUT2D eigenvalue weighted by Crippen LogP contribution is -1.86. The van der Waals surface area contributed by atoms with Gasteiger partial charge in [-0.1, -0.05) is 75.3 Å². The second kappa shape index (κ2) is 12.6. The van der Waals surface area contributed by atoms with Crippen molar-refractivity contribution in [2.24, 2.45) is 4.99 Å². The van der Waals surface area contributed by atoms with Gasteiger partial charge in [0.15, 0.2) is 0 Å². The zero-order valence-corrected chi connectivity index (χ0v) is 12.5. The van der Waals surface area contributed by atoms with Gasteiger partial charge in [-0.15, -0.1) is 0 Å². The second-order valence-electron chi connectivity index (χ2n) is 5.39. The highest BCUT2D eigenvalue weighted by Crippen LogP contribution is 2.11. The lowest BCUT2D eigenvalue weighted by atomic mass is 10.0. The molecule has 0 saturated heterocycles. The summed E-state index contributed by atoms with van der Waals surface area (Å²) in [7, 11) is 0. The van der Waals surface area contributed by atoms with Crippen LogP contribution in [-0.4, -0.2) is 12.6 Å². The van der Waals surface area contributed by atoms with Crippen LogP contribution in [0.1, 0.15) is 63.4 Å². The normalized spacial score (nSPS) is 10.2. The Kier molecular flexibility index (Phi) is 10.5. The number of aryl methyl sites for hydroxylation is 1. The summed E-state index contributed by atoms with van der Waals surface area (Å²) in [6.07, 6.45) is 14.4. The number of benzene rings is 1. The van der Waals surface area contributed by atoms with Gasteiger partial charge in [0.25, 0.3) is 0 Å². The average Bonchev–Trinajstić information content (AvgIpc) is 2.49. The third kappa shape index (κ3) is 9.52. The molecule has 0 aliphatic carbocycles. The SMILES string of the molecule is O=C=NCCCCCCCCCCCc1ccccc1. The molecular weight excluding hydrogens is 246 g/mol. The predicted octanol–water partition coefficient (Wildman–Crippen LogP) is 5.08. The van der Waals surface area contributed by atoms with Gasteiger partial charge in [0, 0.05) is 0 Å². The zero-order valence-electron chi connectivity index (χ0n) is 12.5. The first-order valence-corrected chi connectivity index (χ1v) is 8.01. The molecular formula is C18H27NO. The number of aliphatic imine (C=N–C) groups is 1. The maximum Gasteiger partial charge on any atom is 0.234 e. The summed E-state index contributed by atoms with van der Waals surface area (Å²) < 4.78 is 0. The van der Waals surface area contributed by atoms with E-state index in [2.05, 4.69) is 35.3 Å². The molecule has 0 aliphatic heterocycles. The van der Waals surface area contributed by atoms with Crippen molar-refractivity contribution in [2.75, 3.05) is 6.54 Å². The van der Waals surface area contributed by atoms with E-state index in [0.29, 0.717) is 6.54 Å². The number of isocyanates is 1. The molecule has 1 aromatic rings. The maximum absolute atomic E-state index is 9.86. The Labute approximate surface area is 123 Å². The smallest absolute Gasteiger partial charge is 0.211 e. The van der Waals surface area contributed by atoms with Crippen LogP contribution >= 0.6 is 0 Å². The van der Waals surface area contributed by atoms with E-state index in [-0.39, 0.29) is 0 Å². The van der Waals surface area contributed by atoms with Crippen molar-refractivity contribution in [3.63, 3.8) is 0 Å². The minimum atomic E-state index is 0.656. The molecule has 20 heavy (non-hydrogen) atoms. The van der Waals surface area contributed by atoms with Crippen molar-refractivity contribution in [1.82, 2.24) is 0 Å². The van der Waals surface area contributed by atoms with Crippen molar-refractivity contribution < 1.29 is 4.79 Å². The van der Waals surface area contributed by atoms with Gasteiger partial charge in [0.1, 0.15) is 0 Å². The summed E-state index contributed by atoms with van der Waals surface area (Å²) in [6.45, 7) is 0.656. The molecule has 0 radical (unpaired) electrons. The third-order valence-corrected chi connectivity index (χ3v) is 3.64. The van der Waals surface area contributed by atoms with Gasteiger partial charge in [0.05, 0.1) is 6.54 Å². The largest absolute Gasteiger partial charge is 0.234 e. The van der Waals surface area contributed by atoms with Crippen LogP contribution in [0.4, 0.5) is 0 Å². The Balaban J connectivity index is 1.80. The molecule has 0 N–H and O–H groups in total. The molecule has 0 aliphatic rings. The second-order valence-corrected chi connectivity index (χ2v) is 5.39. The van der Waals surface area contributed by atoms with Gasteiger partial charge in [-0.2, -0.15) is 0 Å². The predicted molar refractivity (Wildman–Crippen MR) is 84.7 cm³/mol. The fourth-order valence-electron chi connectivity index (χ4n) is 2.45. The van der Waals surface area contributed by atoms with Crippen LogP contribution in [0, 0.1) is 0 Å². The summed E-state index contributed by atoms with van der Waals surface area (Å²) in [5, 5.41) is 0. The van der Waals surface area contributed by atoms with E-state index in [0.717, 1.165) is 6.42 Å². The molecule has 0 bridgehead atoms. The van der Waals surface area contributed by atoms with Gasteiger partial charge in [-0.3, -0.25) is 0 Å². The standard InChI is InChI=1S/C18H27NO/c20-17-19-16-12-7-5-3-1-2-4-6-9-13-18-14-10-8-11-15-18/h8,10-11,14-15H,1-7,9,12-13,16H2. The van der Waals surface area contributed by atoms with Crippen molar-refractivity contribution in [3.05, 3.63) is 35.9 Å². The maximum atomic E-state index is 9.86. The molecule has 0 spiro atoms. The summed E-state index contributed by atoms with van der Waals surface area (Å²) >= 11 is 0. The van der Waals surface area contributed by atoms with Crippen molar-refractivity contribution in [2.45, 2.75) is 64.2 Å². The number of hydrogen-bond donors (Lipinski definition) is 0. The molecule has 0 heterocycles. The fraction of sp³-hybridized carbons (Fsp3) is 0.611. The minimum absolute atomic E-state index is 0.656. The number of carbonyl (C=O) groups excluding carboxylic acids is 1. The van der Waals surface area contributed by atoms with Crippen LogP contribution in [0.5, 0.6) is 0 Å². The molecule has 0 saturated carbocycles. The van der Waals surface area contributed by atoms with E-state index in [9.17, 15) is 4.79 Å². The fourth-order valence-corrected chi connectivity index (χ4v) is 2.45. The highest BCUT2D eigenvalue weighted by molar-refractivity contribution is 5.32. The molecule has 0 aromatic heterocycles. The van der Waals surface area contributed by atoms with Gasteiger partial charge >= 0.3 is 0 Å². The Hall–Kier alpha value is -1.40. The summed E-state index contributed by atoms with van der Waals surface area (Å²) in [5.74, 6) is 0. The number of unbranched alkanes of at least 4 members (excludes halogenated alkanes) is 8. The summed E-state index contributed by atoms with van der Waals surface area (Å²) in [6, 6.07) is 10.8. The highest BCUT2D eigenvalue weighted by Gasteiger charge is 1.94. The zero-order chi connectivity index (χ0) is 14.3. The van der Waals surface area contributed by atoms with E-state index in [1.54, 1.807) is 6.08 Å². The topological polar surface area (TPSA) is 29.4 Å². The first-order chi connectivity index (χ1) is 9.93. The molecule has 0 fully saturated rings. The van der Waals surface area contributed by atoms with Crippen LogP contribution in [0.3, 0.4) is 0 Å². The molecule has 1 aromatic carbocycles. The van der Waals surface area contributed by atoms with Crippen LogP contribution in [0.25, 0.3) is 0 Å². The third-order valence-electron chi connectivity index (χ3n) is 3.64. The van der Waals surface area contributed by atoms with E-state index >= 15 is 0 Å². The monoisotopic (exact) mass is 273 g/mol. The molecule has 110 valence electrons. The van der Waals surface area contributed by atoms with E-state index in [4.69, 9.17) is 0 Å². The van der Waals surface area contributed by atoms with E-state index in [1.165, 1.54) is 63.4 Å². The summed E-state index contributed by atoms with van der Waals surface area (Å²) in [5.41, 5.74) is 1.46. The number of rotatable bonds is 12. The number of nitrogens with zero attached hydrogens (tertiary/aromatic N) is 1. The van der Waals surface area contributed by atoms with Crippen molar-refractivity contribution in [1.29, 1.82) is 0 Å². The molecule has 2 nitrogen and oxygen atoms in total. The molecule has 2 heteroatoms.